The van der Waals surface area contributed by atoms with Crippen LogP contribution in [0.15, 0.2) is 47.6 Å². The molecule has 0 aliphatic heterocycles. The molecule has 0 aromatic heterocycles. The number of carbonyl (C=O) groups excluding carboxylic acids is 2. The van der Waals surface area contributed by atoms with E-state index in [2.05, 4.69) is 15.8 Å². The van der Waals surface area contributed by atoms with Gasteiger partial charge < -0.3 is 14.8 Å². The molecule has 0 fully saturated rings. The summed E-state index contributed by atoms with van der Waals surface area (Å²) < 4.78 is 10.7. The van der Waals surface area contributed by atoms with Gasteiger partial charge in [0.15, 0.2) is 11.5 Å². The number of anilines is 1. The van der Waals surface area contributed by atoms with E-state index in [9.17, 15) is 9.59 Å². The number of nitrogens with zero attached hydrogens (tertiary/aromatic N) is 1. The predicted molar refractivity (Wildman–Crippen MR) is 100.0 cm³/mol. The Bertz CT molecular complexity index is 801. The van der Waals surface area contributed by atoms with Crippen LogP contribution >= 0.6 is 0 Å². The van der Waals surface area contributed by atoms with E-state index in [0.717, 1.165) is 5.56 Å². The molecule has 7 nitrogen and oxygen atoms in total. The fourth-order valence-corrected chi connectivity index (χ4v) is 2.18. The third kappa shape index (κ3) is 5.34. The maximum Gasteiger partial charge on any atom is 0.271 e. The zero-order chi connectivity index (χ0) is 18.9. The fourth-order valence-electron chi connectivity index (χ4n) is 2.18. The third-order valence-electron chi connectivity index (χ3n) is 3.33. The van der Waals surface area contributed by atoms with Crippen molar-refractivity contribution in [3.8, 4) is 11.5 Å². The Hall–Kier alpha value is -3.35. The van der Waals surface area contributed by atoms with E-state index in [4.69, 9.17) is 9.47 Å². The van der Waals surface area contributed by atoms with Gasteiger partial charge in [0, 0.05) is 18.2 Å². The van der Waals surface area contributed by atoms with Crippen molar-refractivity contribution in [1.82, 2.24) is 5.43 Å². The van der Waals surface area contributed by atoms with Gasteiger partial charge in [0.1, 0.15) is 0 Å². The van der Waals surface area contributed by atoms with E-state index in [1.165, 1.54) is 13.1 Å². The van der Waals surface area contributed by atoms with Gasteiger partial charge in [0.05, 0.1) is 19.9 Å². The molecule has 0 heterocycles. The zero-order valence-electron chi connectivity index (χ0n) is 14.9. The molecule has 0 aliphatic rings. The lowest BCUT2D eigenvalue weighted by Gasteiger charge is -2.09. The molecule has 0 saturated heterocycles. The molecule has 2 amide bonds. The zero-order valence-corrected chi connectivity index (χ0v) is 14.9. The Labute approximate surface area is 152 Å². The molecule has 0 spiro atoms. The van der Waals surface area contributed by atoms with Gasteiger partial charge in [-0.05, 0) is 55.0 Å². The quantitative estimate of drug-likeness (QED) is 0.590. The van der Waals surface area contributed by atoms with Gasteiger partial charge >= 0.3 is 0 Å². The smallest absolute Gasteiger partial charge is 0.271 e. The van der Waals surface area contributed by atoms with Gasteiger partial charge in [0.2, 0.25) is 5.91 Å². The molecule has 2 rings (SSSR count). The van der Waals surface area contributed by atoms with Gasteiger partial charge in [-0.15, -0.1) is 0 Å². The van der Waals surface area contributed by atoms with Crippen molar-refractivity contribution in [3.05, 3.63) is 53.6 Å². The lowest BCUT2D eigenvalue weighted by Crippen LogP contribution is -2.17. The minimum atomic E-state index is -0.353. The van der Waals surface area contributed by atoms with Crippen LogP contribution in [0, 0.1) is 0 Å². The second-order valence-corrected chi connectivity index (χ2v) is 5.30. The molecule has 0 bridgehead atoms. The second kappa shape index (κ2) is 9.22. The Balaban J connectivity index is 1.99. The third-order valence-corrected chi connectivity index (χ3v) is 3.33. The summed E-state index contributed by atoms with van der Waals surface area (Å²) in [6.07, 6.45) is 1.52. The van der Waals surface area contributed by atoms with Crippen LogP contribution in [-0.2, 0) is 4.79 Å². The summed E-state index contributed by atoms with van der Waals surface area (Å²) in [7, 11) is 1.56. The number of carbonyl (C=O) groups is 2. The summed E-state index contributed by atoms with van der Waals surface area (Å²) >= 11 is 0. The molecular weight excluding hydrogens is 334 g/mol. The summed E-state index contributed by atoms with van der Waals surface area (Å²) in [4.78, 5) is 23.1. The lowest BCUT2D eigenvalue weighted by molar-refractivity contribution is -0.114. The first-order valence-electron chi connectivity index (χ1n) is 8.05. The van der Waals surface area contributed by atoms with E-state index in [1.807, 2.05) is 13.0 Å². The van der Waals surface area contributed by atoms with Crippen molar-refractivity contribution in [2.75, 3.05) is 19.0 Å². The first-order chi connectivity index (χ1) is 12.5. The number of rotatable bonds is 7. The fraction of sp³-hybridized carbons (Fsp3) is 0.211. The van der Waals surface area contributed by atoms with Gasteiger partial charge in [-0.2, -0.15) is 5.10 Å². The second-order valence-electron chi connectivity index (χ2n) is 5.30. The first kappa shape index (κ1) is 19.0. The van der Waals surface area contributed by atoms with Crippen molar-refractivity contribution in [2.24, 2.45) is 5.10 Å². The highest BCUT2D eigenvalue weighted by atomic mass is 16.5. The van der Waals surface area contributed by atoms with Crippen molar-refractivity contribution >= 4 is 23.7 Å². The lowest BCUT2D eigenvalue weighted by atomic mass is 10.2. The maximum absolute atomic E-state index is 12.1. The van der Waals surface area contributed by atoms with Crippen LogP contribution in [-0.4, -0.2) is 31.7 Å². The van der Waals surface area contributed by atoms with Crippen LogP contribution in [0.2, 0.25) is 0 Å². The van der Waals surface area contributed by atoms with Crippen LogP contribution in [0.4, 0.5) is 5.69 Å². The van der Waals surface area contributed by atoms with Gasteiger partial charge in [0.25, 0.3) is 5.91 Å². The molecule has 26 heavy (non-hydrogen) atoms. The van der Waals surface area contributed by atoms with E-state index in [-0.39, 0.29) is 11.8 Å². The Morgan fingerprint density at radius 2 is 1.85 bits per heavy atom. The monoisotopic (exact) mass is 355 g/mol. The van der Waals surface area contributed by atoms with Crippen molar-refractivity contribution < 1.29 is 19.1 Å². The van der Waals surface area contributed by atoms with E-state index in [1.54, 1.807) is 43.5 Å². The normalized spacial score (nSPS) is 10.4. The molecule has 2 aromatic carbocycles. The molecule has 0 aliphatic carbocycles. The van der Waals surface area contributed by atoms with Crippen LogP contribution in [0.25, 0.3) is 0 Å². The molecule has 2 N–H and O–H groups in total. The average Bonchev–Trinajstić information content (AvgIpc) is 2.63. The van der Waals surface area contributed by atoms with Crippen LogP contribution in [0.1, 0.15) is 29.8 Å². The van der Waals surface area contributed by atoms with Crippen molar-refractivity contribution in [3.63, 3.8) is 0 Å². The number of amides is 2. The van der Waals surface area contributed by atoms with Crippen LogP contribution < -0.4 is 20.2 Å². The largest absolute Gasteiger partial charge is 0.493 e. The topological polar surface area (TPSA) is 89.0 Å². The summed E-state index contributed by atoms with van der Waals surface area (Å²) in [5.74, 6) is 0.720. The molecule has 0 atom stereocenters. The van der Waals surface area contributed by atoms with Crippen LogP contribution in [0.3, 0.4) is 0 Å². The molecule has 136 valence electrons. The number of nitrogens with one attached hydrogen (secondary N) is 2. The van der Waals surface area contributed by atoms with Crippen LogP contribution in [0.5, 0.6) is 11.5 Å². The molecule has 0 unspecified atom stereocenters. The van der Waals surface area contributed by atoms with Crippen molar-refractivity contribution in [1.29, 1.82) is 0 Å². The number of hydrogen-bond acceptors (Lipinski definition) is 5. The number of benzene rings is 2. The minimum Gasteiger partial charge on any atom is -0.493 e. The van der Waals surface area contributed by atoms with E-state index in [0.29, 0.717) is 29.4 Å². The van der Waals surface area contributed by atoms with Crippen molar-refractivity contribution in [2.45, 2.75) is 13.8 Å². The Morgan fingerprint density at radius 3 is 2.46 bits per heavy atom. The van der Waals surface area contributed by atoms with Gasteiger partial charge in [-0.25, -0.2) is 5.43 Å². The minimum absolute atomic E-state index is 0.169. The van der Waals surface area contributed by atoms with Gasteiger partial charge in [-0.1, -0.05) is 0 Å². The molecule has 2 aromatic rings. The van der Waals surface area contributed by atoms with E-state index >= 15 is 0 Å². The molecule has 0 radical (unpaired) electrons. The maximum atomic E-state index is 12.1. The summed E-state index contributed by atoms with van der Waals surface area (Å²) in [5, 5.41) is 6.59. The number of methoxy groups -OCH3 is 1. The summed E-state index contributed by atoms with van der Waals surface area (Å²) in [6, 6.07) is 11.9. The Morgan fingerprint density at radius 1 is 1.12 bits per heavy atom. The standard InChI is InChI=1S/C19H21N3O4/c1-4-26-17-10-5-14(11-18(17)25-3)12-20-22-19(24)15-6-8-16(9-7-15)21-13(2)23/h5-12H,4H2,1-3H3,(H,21,23)(H,22,24)/b20-12-. The number of ether oxygens (including phenoxy) is 2. The highest BCUT2D eigenvalue weighted by Gasteiger charge is 2.06. The summed E-state index contributed by atoms with van der Waals surface area (Å²) in [5.41, 5.74) is 4.27. The predicted octanol–water partition coefficient (Wildman–Crippen LogP) is 2.82. The SMILES string of the molecule is CCOc1ccc(/C=N\NC(=O)c2ccc(NC(C)=O)cc2)cc1OC. The highest BCUT2D eigenvalue weighted by Crippen LogP contribution is 2.27. The average molecular weight is 355 g/mol. The number of hydrogen-bond donors (Lipinski definition) is 2. The van der Waals surface area contributed by atoms with E-state index < -0.39 is 0 Å². The molecule has 7 heteroatoms. The summed E-state index contributed by atoms with van der Waals surface area (Å²) in [6.45, 7) is 3.86. The molecular formula is C19H21N3O4. The highest BCUT2D eigenvalue weighted by molar-refractivity contribution is 5.96. The molecule has 0 saturated carbocycles. The number of hydrazone groups is 1. The Kier molecular flexibility index (Phi) is 6.73. The first-order valence-corrected chi connectivity index (χ1v) is 8.05. The van der Waals surface area contributed by atoms with Gasteiger partial charge in [-0.3, -0.25) is 9.59 Å².